The number of nitrogens with zero attached hydrogens (tertiary/aromatic N) is 2. The van der Waals surface area contributed by atoms with Crippen molar-refractivity contribution in [2.75, 3.05) is 7.11 Å². The van der Waals surface area contributed by atoms with Crippen LogP contribution in [-0.4, -0.2) is 12.1 Å². The monoisotopic (exact) mass is 202 g/mol. The number of rotatable bonds is 2. The summed E-state index contributed by atoms with van der Waals surface area (Å²) in [7, 11) is 1.62. The molecule has 3 nitrogen and oxygen atoms in total. The molecule has 0 aliphatic heterocycles. The van der Waals surface area contributed by atoms with Crippen LogP contribution in [0.4, 0.5) is 0 Å². The molecule has 2 rings (SSSR count). The molecule has 0 N–H and O–H groups in total. The van der Waals surface area contributed by atoms with E-state index in [9.17, 15) is 5.26 Å². The van der Waals surface area contributed by atoms with Crippen LogP contribution in [0.15, 0.2) is 12.1 Å². The average molecular weight is 202 g/mol. The first-order chi connectivity index (χ1) is 7.22. The Morgan fingerprint density at radius 2 is 2.20 bits per heavy atom. The maximum Gasteiger partial charge on any atom is 0.142 e. The van der Waals surface area contributed by atoms with Gasteiger partial charge < -0.3 is 4.74 Å². The molecule has 1 saturated carbocycles. The van der Waals surface area contributed by atoms with Crippen molar-refractivity contribution in [3.8, 4) is 11.8 Å². The first-order valence-corrected chi connectivity index (χ1v) is 5.15. The van der Waals surface area contributed by atoms with Gasteiger partial charge >= 0.3 is 0 Å². The molecule has 0 aromatic carbocycles. The molecule has 0 bridgehead atoms. The van der Waals surface area contributed by atoms with Crippen molar-refractivity contribution in [2.24, 2.45) is 0 Å². The smallest absolute Gasteiger partial charge is 0.142 e. The van der Waals surface area contributed by atoms with Gasteiger partial charge in [-0.25, -0.2) is 0 Å². The number of hydrogen-bond donors (Lipinski definition) is 0. The first kappa shape index (κ1) is 9.97. The van der Waals surface area contributed by atoms with Crippen molar-refractivity contribution in [1.82, 2.24) is 4.98 Å². The van der Waals surface area contributed by atoms with Crippen LogP contribution in [0.25, 0.3) is 0 Å². The third-order valence-electron chi connectivity index (χ3n) is 3.09. The van der Waals surface area contributed by atoms with E-state index >= 15 is 0 Å². The van der Waals surface area contributed by atoms with Gasteiger partial charge in [-0.3, -0.25) is 4.98 Å². The van der Waals surface area contributed by atoms with E-state index in [1.54, 1.807) is 7.11 Å². The molecule has 1 aliphatic carbocycles. The van der Waals surface area contributed by atoms with Crippen molar-refractivity contribution in [3.63, 3.8) is 0 Å². The molecule has 15 heavy (non-hydrogen) atoms. The van der Waals surface area contributed by atoms with Crippen molar-refractivity contribution < 1.29 is 4.74 Å². The minimum absolute atomic E-state index is 0.392. The number of methoxy groups -OCH3 is 1. The second-order valence-corrected chi connectivity index (χ2v) is 4.05. The number of hydrogen-bond acceptors (Lipinski definition) is 3. The van der Waals surface area contributed by atoms with Crippen molar-refractivity contribution >= 4 is 0 Å². The van der Waals surface area contributed by atoms with E-state index in [1.165, 1.54) is 0 Å². The van der Waals surface area contributed by atoms with Crippen molar-refractivity contribution in [1.29, 1.82) is 5.26 Å². The number of nitriles is 1. The largest absolute Gasteiger partial charge is 0.495 e. The molecular weight excluding hydrogens is 188 g/mol. The van der Waals surface area contributed by atoms with Gasteiger partial charge in [0.15, 0.2) is 0 Å². The molecule has 0 radical (unpaired) electrons. The second kappa shape index (κ2) is 3.54. The molecule has 1 aliphatic rings. The van der Waals surface area contributed by atoms with Gasteiger partial charge in [0, 0.05) is 5.69 Å². The molecule has 0 amide bonds. The highest BCUT2D eigenvalue weighted by Crippen LogP contribution is 2.45. The fourth-order valence-electron chi connectivity index (χ4n) is 1.98. The normalized spacial score (nSPS) is 17.7. The minimum Gasteiger partial charge on any atom is -0.495 e. The van der Waals surface area contributed by atoms with Crippen LogP contribution in [0.5, 0.6) is 5.75 Å². The Balaban J connectivity index is 2.50. The molecule has 0 atom stereocenters. The lowest BCUT2D eigenvalue weighted by Crippen LogP contribution is -2.34. The molecule has 1 fully saturated rings. The molecular formula is C12H14N2O. The van der Waals surface area contributed by atoms with Gasteiger partial charge in [0.2, 0.25) is 0 Å². The highest BCUT2D eigenvalue weighted by Gasteiger charge is 2.42. The fourth-order valence-corrected chi connectivity index (χ4v) is 1.98. The van der Waals surface area contributed by atoms with Crippen molar-refractivity contribution in [2.45, 2.75) is 31.6 Å². The van der Waals surface area contributed by atoms with Gasteiger partial charge in [-0.05, 0) is 38.3 Å². The van der Waals surface area contributed by atoms with E-state index < -0.39 is 5.41 Å². The predicted molar refractivity (Wildman–Crippen MR) is 56.7 cm³/mol. The average Bonchev–Trinajstić information content (AvgIpc) is 2.17. The lowest BCUT2D eigenvalue weighted by molar-refractivity contribution is 0.298. The molecule has 0 unspecified atom stereocenters. The maximum absolute atomic E-state index is 9.26. The summed E-state index contributed by atoms with van der Waals surface area (Å²) in [4.78, 5) is 4.46. The molecule has 1 aromatic rings. The van der Waals surface area contributed by atoms with Crippen LogP contribution in [-0.2, 0) is 5.41 Å². The van der Waals surface area contributed by atoms with Crippen molar-refractivity contribution in [3.05, 3.63) is 23.5 Å². The van der Waals surface area contributed by atoms with Crippen LogP contribution in [0.1, 0.15) is 30.7 Å². The molecule has 3 heteroatoms. The summed E-state index contributed by atoms with van der Waals surface area (Å²) in [6.07, 6.45) is 2.90. The summed E-state index contributed by atoms with van der Waals surface area (Å²) >= 11 is 0. The molecule has 0 spiro atoms. The van der Waals surface area contributed by atoms with Gasteiger partial charge in [-0.15, -0.1) is 0 Å². The molecule has 0 saturated heterocycles. The van der Waals surface area contributed by atoms with E-state index in [0.29, 0.717) is 0 Å². The fraction of sp³-hybridized carbons (Fsp3) is 0.500. The number of pyridine rings is 1. The molecule has 1 heterocycles. The standard InChI is InChI=1S/C12H14N2O/c1-9-4-5-10(15-2)11(14-9)12(8-13)6-3-7-12/h4-5H,3,6-7H2,1-2H3. The summed E-state index contributed by atoms with van der Waals surface area (Å²) in [5, 5.41) is 9.26. The summed E-state index contributed by atoms with van der Waals surface area (Å²) in [5.41, 5.74) is 1.36. The van der Waals surface area contributed by atoms with Crippen LogP contribution < -0.4 is 4.74 Å². The zero-order valence-corrected chi connectivity index (χ0v) is 9.08. The van der Waals surface area contributed by atoms with Gasteiger partial charge in [-0.2, -0.15) is 5.26 Å². The lowest BCUT2D eigenvalue weighted by atomic mass is 9.67. The zero-order chi connectivity index (χ0) is 10.9. The zero-order valence-electron chi connectivity index (χ0n) is 9.08. The maximum atomic E-state index is 9.26. The quantitative estimate of drug-likeness (QED) is 0.739. The van der Waals surface area contributed by atoms with E-state index in [2.05, 4.69) is 11.1 Å². The Labute approximate surface area is 89.7 Å². The molecule has 1 aromatic heterocycles. The van der Waals surface area contributed by atoms with E-state index in [-0.39, 0.29) is 0 Å². The van der Waals surface area contributed by atoms with Gasteiger partial charge in [0.25, 0.3) is 0 Å². The third-order valence-corrected chi connectivity index (χ3v) is 3.09. The first-order valence-electron chi connectivity index (χ1n) is 5.15. The topological polar surface area (TPSA) is 45.9 Å². The van der Waals surface area contributed by atoms with Crippen LogP contribution in [0.2, 0.25) is 0 Å². The van der Waals surface area contributed by atoms with Gasteiger partial charge in [0.1, 0.15) is 16.9 Å². The predicted octanol–water partition coefficient (Wildman–Crippen LogP) is 2.34. The highest BCUT2D eigenvalue weighted by molar-refractivity contribution is 5.41. The van der Waals surface area contributed by atoms with Crippen LogP contribution in [0, 0.1) is 18.3 Å². The summed E-state index contributed by atoms with van der Waals surface area (Å²) in [6.45, 7) is 1.94. The Hall–Kier alpha value is -1.56. The Morgan fingerprint density at radius 1 is 1.47 bits per heavy atom. The van der Waals surface area contributed by atoms with E-state index in [4.69, 9.17) is 4.74 Å². The number of ether oxygens (including phenoxy) is 1. The lowest BCUT2D eigenvalue weighted by Gasteiger charge is -2.35. The Bertz CT molecular complexity index is 416. The second-order valence-electron chi connectivity index (χ2n) is 4.05. The molecule has 78 valence electrons. The SMILES string of the molecule is COc1ccc(C)nc1C1(C#N)CCC1. The van der Waals surface area contributed by atoms with E-state index in [1.807, 2.05) is 19.1 Å². The van der Waals surface area contributed by atoms with Gasteiger partial charge in [0.05, 0.1) is 13.2 Å². The summed E-state index contributed by atoms with van der Waals surface area (Å²) in [6, 6.07) is 6.20. The Morgan fingerprint density at radius 3 is 2.67 bits per heavy atom. The summed E-state index contributed by atoms with van der Waals surface area (Å²) in [5.74, 6) is 0.738. The minimum atomic E-state index is -0.392. The van der Waals surface area contributed by atoms with Gasteiger partial charge in [-0.1, -0.05) is 0 Å². The van der Waals surface area contributed by atoms with Crippen LogP contribution >= 0.6 is 0 Å². The highest BCUT2D eigenvalue weighted by atomic mass is 16.5. The third kappa shape index (κ3) is 1.46. The van der Waals surface area contributed by atoms with E-state index in [0.717, 1.165) is 36.4 Å². The number of aryl methyl sites for hydroxylation is 1. The number of aromatic nitrogens is 1. The summed E-state index contributed by atoms with van der Waals surface area (Å²) < 4.78 is 5.27. The Kier molecular flexibility index (Phi) is 2.36. The van der Waals surface area contributed by atoms with Crippen LogP contribution in [0.3, 0.4) is 0 Å².